The zero-order valence-electron chi connectivity index (χ0n) is 20.4. The fourth-order valence-corrected chi connectivity index (χ4v) is 3.55. The Morgan fingerprint density at radius 2 is 1.24 bits per heavy atom. The highest BCUT2D eigenvalue weighted by Crippen LogP contribution is 2.45. The summed E-state index contributed by atoms with van der Waals surface area (Å²) in [6, 6.07) is 6.39. The minimum absolute atomic E-state index is 0.0766. The monoisotopic (exact) mass is 514 g/mol. The van der Waals surface area contributed by atoms with Gasteiger partial charge in [0.1, 0.15) is 22.8 Å². The van der Waals surface area contributed by atoms with Crippen LogP contribution in [0.2, 0.25) is 0 Å². The van der Waals surface area contributed by atoms with Gasteiger partial charge in [0.25, 0.3) is 0 Å². The summed E-state index contributed by atoms with van der Waals surface area (Å²) in [5.74, 6) is -5.14. The number of carbonyl (C=O) groups is 6. The van der Waals surface area contributed by atoms with E-state index in [-0.39, 0.29) is 39.9 Å². The molecular formula is C25H22O12. The molecule has 37 heavy (non-hydrogen) atoms. The first-order chi connectivity index (χ1) is 17.3. The molecule has 2 atom stereocenters. The molecule has 12 nitrogen and oxygen atoms in total. The zero-order valence-corrected chi connectivity index (χ0v) is 20.4. The van der Waals surface area contributed by atoms with Crippen molar-refractivity contribution in [2.45, 2.75) is 46.8 Å². The van der Waals surface area contributed by atoms with Gasteiger partial charge in [-0.25, -0.2) is 0 Å². The van der Waals surface area contributed by atoms with Crippen molar-refractivity contribution in [2.24, 2.45) is 0 Å². The molecule has 0 unspecified atom stereocenters. The van der Waals surface area contributed by atoms with E-state index < -0.39 is 47.8 Å². The zero-order chi connectivity index (χ0) is 27.4. The van der Waals surface area contributed by atoms with Gasteiger partial charge in [0, 0.05) is 52.3 Å². The average Bonchev–Trinajstić information content (AvgIpc) is 2.74. The lowest BCUT2D eigenvalue weighted by Gasteiger charge is -2.33. The Morgan fingerprint density at radius 1 is 0.676 bits per heavy atom. The molecule has 1 aliphatic rings. The summed E-state index contributed by atoms with van der Waals surface area (Å²) in [7, 11) is 0. The number of fused-ring (bicyclic) bond motifs is 1. The smallest absolute Gasteiger partial charge is 0.308 e. The van der Waals surface area contributed by atoms with Gasteiger partial charge in [-0.1, -0.05) is 6.07 Å². The lowest BCUT2D eigenvalue weighted by Crippen LogP contribution is -2.40. The van der Waals surface area contributed by atoms with E-state index in [2.05, 4.69) is 0 Å². The number of hydrogen-bond donors (Lipinski definition) is 0. The van der Waals surface area contributed by atoms with E-state index in [1.807, 2.05) is 0 Å². The van der Waals surface area contributed by atoms with Crippen molar-refractivity contribution >= 4 is 35.6 Å². The fourth-order valence-electron chi connectivity index (χ4n) is 3.55. The van der Waals surface area contributed by atoms with Crippen molar-refractivity contribution < 1.29 is 57.2 Å². The maximum absolute atomic E-state index is 13.5. The van der Waals surface area contributed by atoms with E-state index in [9.17, 15) is 28.8 Å². The van der Waals surface area contributed by atoms with Crippen LogP contribution in [0.3, 0.4) is 0 Å². The molecule has 3 rings (SSSR count). The second-order valence-corrected chi connectivity index (χ2v) is 7.81. The van der Waals surface area contributed by atoms with Crippen LogP contribution in [-0.2, 0) is 28.7 Å². The largest absolute Gasteiger partial charge is 0.480 e. The van der Waals surface area contributed by atoms with Crippen molar-refractivity contribution in [3.63, 3.8) is 0 Å². The lowest BCUT2D eigenvalue weighted by molar-refractivity contribution is -0.149. The van der Waals surface area contributed by atoms with Crippen LogP contribution in [0.25, 0.3) is 0 Å². The van der Waals surface area contributed by atoms with Crippen LogP contribution in [0.15, 0.2) is 30.3 Å². The van der Waals surface area contributed by atoms with Gasteiger partial charge in [0.2, 0.25) is 11.9 Å². The van der Waals surface area contributed by atoms with Crippen LogP contribution in [0.1, 0.15) is 56.6 Å². The summed E-state index contributed by atoms with van der Waals surface area (Å²) in [4.78, 5) is 71.6. The Labute approximate surface area is 210 Å². The molecule has 0 aromatic heterocycles. The van der Waals surface area contributed by atoms with Crippen LogP contribution >= 0.6 is 0 Å². The molecule has 0 bridgehead atoms. The Hall–Kier alpha value is -4.74. The average molecular weight is 514 g/mol. The molecule has 2 aromatic rings. The Bertz CT molecular complexity index is 1310. The second kappa shape index (κ2) is 10.9. The minimum atomic E-state index is -1.55. The number of benzene rings is 2. The highest BCUT2D eigenvalue weighted by atomic mass is 16.6. The molecule has 194 valence electrons. The van der Waals surface area contributed by atoms with Crippen LogP contribution in [-0.4, -0.2) is 41.7 Å². The van der Waals surface area contributed by atoms with Gasteiger partial charge >= 0.3 is 29.8 Å². The summed E-state index contributed by atoms with van der Waals surface area (Å²) >= 11 is 0. The van der Waals surface area contributed by atoms with E-state index in [1.165, 1.54) is 24.3 Å². The number of ether oxygens (including phenoxy) is 6. The number of ketones is 1. The molecule has 12 heteroatoms. The van der Waals surface area contributed by atoms with E-state index in [4.69, 9.17) is 28.4 Å². The third kappa shape index (κ3) is 6.48. The molecule has 0 fully saturated rings. The van der Waals surface area contributed by atoms with Gasteiger partial charge in [-0.05, 0) is 12.1 Å². The number of hydrogen-bond acceptors (Lipinski definition) is 12. The predicted molar refractivity (Wildman–Crippen MR) is 121 cm³/mol. The van der Waals surface area contributed by atoms with Crippen molar-refractivity contribution in [1.82, 2.24) is 0 Å². The summed E-state index contributed by atoms with van der Waals surface area (Å²) < 4.78 is 31.7. The number of esters is 5. The van der Waals surface area contributed by atoms with E-state index in [0.29, 0.717) is 0 Å². The van der Waals surface area contributed by atoms with Gasteiger partial charge in [-0.3, -0.25) is 28.8 Å². The number of carbonyl (C=O) groups excluding carboxylic acids is 6. The van der Waals surface area contributed by atoms with Crippen molar-refractivity contribution in [3.05, 3.63) is 41.5 Å². The number of Topliss-reactive ketones (excluding diaryl/α,β-unsaturated/α-hetero) is 1. The molecular weight excluding hydrogens is 492 g/mol. The molecule has 0 spiro atoms. The van der Waals surface area contributed by atoms with Crippen molar-refractivity contribution in [3.8, 4) is 28.7 Å². The molecule has 0 saturated heterocycles. The normalized spacial score (nSPS) is 16.0. The quantitative estimate of drug-likeness (QED) is 0.410. The maximum atomic E-state index is 13.5. The third-order valence-corrected chi connectivity index (χ3v) is 4.69. The van der Waals surface area contributed by atoms with E-state index in [0.717, 1.165) is 40.7 Å². The topological polar surface area (TPSA) is 158 Å². The Kier molecular flexibility index (Phi) is 7.91. The van der Waals surface area contributed by atoms with Gasteiger partial charge < -0.3 is 28.4 Å². The molecule has 1 aliphatic heterocycles. The molecule has 0 N–H and O–H groups in total. The molecule has 1 heterocycles. The van der Waals surface area contributed by atoms with Crippen LogP contribution in [0.5, 0.6) is 28.7 Å². The molecule has 0 radical (unpaired) electrons. The second-order valence-electron chi connectivity index (χ2n) is 7.81. The van der Waals surface area contributed by atoms with Gasteiger partial charge in [-0.15, -0.1) is 0 Å². The van der Waals surface area contributed by atoms with Crippen LogP contribution in [0.4, 0.5) is 0 Å². The van der Waals surface area contributed by atoms with E-state index in [1.54, 1.807) is 0 Å². The predicted octanol–water partition coefficient (Wildman–Crippen LogP) is 2.64. The fraction of sp³-hybridized carbons (Fsp3) is 0.280. The highest BCUT2D eigenvalue weighted by Gasteiger charge is 2.43. The first-order valence-corrected chi connectivity index (χ1v) is 10.8. The van der Waals surface area contributed by atoms with Crippen molar-refractivity contribution in [1.29, 1.82) is 0 Å². The standard InChI is InChI=1S/C25H22O12/c1-11(26)32-17-9-20(35-14(4)29)22-21(10-17)37-24(25(23(22)31)36-15(5)30)16-6-7-18(33-12(2)27)19(8-16)34-13(3)28/h6-10,24-25H,1-5H3/t24-,25-/m1/s1. The molecule has 0 amide bonds. The van der Waals surface area contributed by atoms with Gasteiger partial charge in [-0.2, -0.15) is 0 Å². The summed E-state index contributed by atoms with van der Waals surface area (Å²) in [6.45, 7) is 5.63. The van der Waals surface area contributed by atoms with Crippen LogP contribution in [0, 0.1) is 0 Å². The molecule has 2 aromatic carbocycles. The van der Waals surface area contributed by atoms with Crippen LogP contribution < -0.4 is 23.7 Å². The number of rotatable bonds is 6. The first kappa shape index (κ1) is 26.9. The Morgan fingerprint density at radius 3 is 1.81 bits per heavy atom. The van der Waals surface area contributed by atoms with Gasteiger partial charge in [0.15, 0.2) is 17.6 Å². The maximum Gasteiger partial charge on any atom is 0.308 e. The summed E-state index contributed by atoms with van der Waals surface area (Å²) in [5.41, 5.74) is -0.0188. The van der Waals surface area contributed by atoms with Crippen molar-refractivity contribution in [2.75, 3.05) is 0 Å². The summed E-state index contributed by atoms with van der Waals surface area (Å²) in [6.07, 6.45) is -2.84. The minimum Gasteiger partial charge on any atom is -0.480 e. The molecule has 0 aliphatic carbocycles. The third-order valence-electron chi connectivity index (χ3n) is 4.69. The SMILES string of the molecule is CC(=O)Oc1cc(OC(C)=O)c2c(c1)O[C@H](c1ccc(OC(C)=O)c(OC(C)=O)c1)[C@H](OC(C)=O)C2=O. The highest BCUT2D eigenvalue weighted by molar-refractivity contribution is 6.07. The first-order valence-electron chi connectivity index (χ1n) is 10.8. The Balaban J connectivity index is 2.18. The van der Waals surface area contributed by atoms with E-state index >= 15 is 0 Å². The summed E-state index contributed by atoms with van der Waals surface area (Å²) in [5, 5.41) is 0. The lowest BCUT2D eigenvalue weighted by atomic mass is 9.92. The van der Waals surface area contributed by atoms with Gasteiger partial charge in [0.05, 0.1) is 0 Å². The molecule has 0 saturated carbocycles.